The number of allylic oxidation sites excluding steroid dienone is 2. The molecule has 1 rings (SSSR count). The molecule has 0 aliphatic carbocycles. The number of carbonyl (C=O) groups is 1. The first kappa shape index (κ1) is 12.6. The van der Waals surface area contributed by atoms with Crippen molar-refractivity contribution >= 4 is 5.97 Å². The van der Waals surface area contributed by atoms with E-state index in [0.29, 0.717) is 0 Å². The minimum absolute atomic E-state index is 0.136. The summed E-state index contributed by atoms with van der Waals surface area (Å²) >= 11 is 0. The highest BCUT2D eigenvalue weighted by atomic mass is 16.6. The van der Waals surface area contributed by atoms with Crippen LogP contribution in [0, 0.1) is 0 Å². The molecule has 5 heteroatoms. The smallest absolute Gasteiger partial charge is 0.337 e. The molecule has 0 saturated carbocycles. The molecule has 0 aromatic heterocycles. The number of cyclic esters (lactones) is 1. The monoisotopic (exact) mass is 226 g/mol. The third-order valence-electron chi connectivity index (χ3n) is 2.06. The number of ether oxygens (including phenoxy) is 1. The molecule has 0 bridgehead atoms. The number of aliphatic hydroxyl groups is 3. The largest absolute Gasteiger partial charge is 0.452 e. The van der Waals surface area contributed by atoms with Crippen molar-refractivity contribution < 1.29 is 24.9 Å². The molecule has 88 valence electrons. The Morgan fingerprint density at radius 1 is 1.25 bits per heavy atom. The normalized spacial score (nSPS) is 28.4. The van der Waals surface area contributed by atoms with Crippen molar-refractivity contribution in [1.82, 2.24) is 0 Å². The number of aliphatic hydroxyl groups excluding tert-OH is 3. The quantitative estimate of drug-likeness (QED) is 0.335. The third-order valence-corrected chi connectivity index (χ3v) is 2.06. The van der Waals surface area contributed by atoms with Gasteiger partial charge in [-0.25, -0.2) is 4.79 Å². The highest BCUT2D eigenvalue weighted by molar-refractivity contribution is 5.92. The van der Waals surface area contributed by atoms with Crippen molar-refractivity contribution in [3.63, 3.8) is 0 Å². The molecule has 1 heterocycles. The lowest BCUT2D eigenvalue weighted by molar-refractivity contribution is -0.137. The van der Waals surface area contributed by atoms with Gasteiger partial charge in [0.1, 0.15) is 6.10 Å². The first-order valence-electron chi connectivity index (χ1n) is 4.85. The highest BCUT2D eigenvalue weighted by Gasteiger charge is 2.36. The van der Waals surface area contributed by atoms with Crippen LogP contribution in [-0.2, 0) is 9.53 Å². The Kier molecular flexibility index (Phi) is 4.91. The molecule has 0 amide bonds. The van der Waals surface area contributed by atoms with Gasteiger partial charge in [0, 0.05) is 0 Å². The molecule has 0 aromatic carbocycles. The van der Waals surface area contributed by atoms with E-state index in [9.17, 15) is 9.90 Å². The van der Waals surface area contributed by atoms with Gasteiger partial charge in [0.15, 0.2) is 6.10 Å². The topological polar surface area (TPSA) is 87.0 Å². The van der Waals surface area contributed by atoms with Gasteiger partial charge in [0.2, 0.25) is 0 Å². The van der Waals surface area contributed by atoms with Gasteiger partial charge in [-0.15, -0.1) is 0 Å². The molecule has 3 N–H and O–H groups in total. The summed E-state index contributed by atoms with van der Waals surface area (Å²) in [5.41, 5.74) is 0.136. The number of rotatable bonds is 4. The van der Waals surface area contributed by atoms with E-state index in [4.69, 9.17) is 14.9 Å². The molecular weight excluding hydrogens is 212 g/mol. The highest BCUT2D eigenvalue weighted by Crippen LogP contribution is 2.22. The van der Waals surface area contributed by atoms with Gasteiger partial charge in [-0.1, -0.05) is 18.2 Å². The molecule has 0 radical (unpaired) electrons. The van der Waals surface area contributed by atoms with E-state index in [-0.39, 0.29) is 18.8 Å². The number of hydrogen-bond donors (Lipinski definition) is 3. The van der Waals surface area contributed by atoms with E-state index in [1.807, 2.05) is 0 Å². The standard InChI is InChI=1S/C11H14O5/c12-6-2-1-4-8-10(14)9(5-3-7-13)16-11(8)15/h1-5,9-10,12-14H,6-7H2/b2-1+,5-3+,8-4-/t9-,10+/m1/s1. The molecule has 16 heavy (non-hydrogen) atoms. The van der Waals surface area contributed by atoms with E-state index in [1.165, 1.54) is 30.4 Å². The average Bonchev–Trinajstić information content (AvgIpc) is 2.54. The molecule has 0 spiro atoms. The van der Waals surface area contributed by atoms with Crippen molar-refractivity contribution in [3.05, 3.63) is 36.0 Å². The van der Waals surface area contributed by atoms with E-state index in [1.54, 1.807) is 0 Å². The predicted molar refractivity (Wildman–Crippen MR) is 56.4 cm³/mol. The van der Waals surface area contributed by atoms with E-state index < -0.39 is 18.2 Å². The van der Waals surface area contributed by atoms with Crippen LogP contribution >= 0.6 is 0 Å². The zero-order valence-electron chi connectivity index (χ0n) is 8.61. The maximum absolute atomic E-state index is 11.3. The Morgan fingerprint density at radius 3 is 2.56 bits per heavy atom. The van der Waals surface area contributed by atoms with Crippen molar-refractivity contribution in [2.24, 2.45) is 0 Å². The Morgan fingerprint density at radius 2 is 1.94 bits per heavy atom. The van der Waals surface area contributed by atoms with Gasteiger partial charge in [0.25, 0.3) is 0 Å². The van der Waals surface area contributed by atoms with Gasteiger partial charge in [-0.05, 0) is 12.2 Å². The van der Waals surface area contributed by atoms with Crippen LogP contribution in [-0.4, -0.2) is 46.7 Å². The molecular formula is C11H14O5. The molecule has 2 atom stereocenters. The van der Waals surface area contributed by atoms with Gasteiger partial charge < -0.3 is 20.1 Å². The van der Waals surface area contributed by atoms with Crippen LogP contribution in [0.5, 0.6) is 0 Å². The summed E-state index contributed by atoms with van der Waals surface area (Å²) in [6.45, 7) is -0.313. The van der Waals surface area contributed by atoms with Crippen molar-refractivity contribution in [1.29, 1.82) is 0 Å². The second kappa shape index (κ2) is 6.22. The fourth-order valence-electron chi connectivity index (χ4n) is 1.29. The van der Waals surface area contributed by atoms with Gasteiger partial charge in [0.05, 0.1) is 18.8 Å². The second-order valence-electron chi connectivity index (χ2n) is 3.16. The van der Waals surface area contributed by atoms with Crippen LogP contribution in [0.15, 0.2) is 36.0 Å². The summed E-state index contributed by atoms with van der Waals surface area (Å²) in [5, 5.41) is 26.8. The SMILES string of the molecule is O=C1O[C@H](/C=C/CO)[C@@H](O)/C1=C/C=C/CO. The second-order valence-corrected chi connectivity index (χ2v) is 3.16. The zero-order valence-corrected chi connectivity index (χ0v) is 8.61. The Bertz CT molecular complexity index is 329. The molecule has 1 aliphatic heterocycles. The maximum atomic E-state index is 11.3. The van der Waals surface area contributed by atoms with Crippen LogP contribution < -0.4 is 0 Å². The third kappa shape index (κ3) is 3.03. The van der Waals surface area contributed by atoms with Crippen molar-refractivity contribution in [3.8, 4) is 0 Å². The molecule has 0 aromatic rings. The summed E-state index contributed by atoms with van der Waals surface area (Å²) in [4.78, 5) is 11.3. The maximum Gasteiger partial charge on any atom is 0.337 e. The predicted octanol–water partition coefficient (Wildman–Crippen LogP) is -0.704. The molecule has 1 saturated heterocycles. The van der Waals surface area contributed by atoms with Gasteiger partial charge in [-0.2, -0.15) is 0 Å². The van der Waals surface area contributed by atoms with E-state index >= 15 is 0 Å². The fourth-order valence-corrected chi connectivity index (χ4v) is 1.29. The summed E-state index contributed by atoms with van der Waals surface area (Å²) in [5.74, 6) is -0.595. The summed E-state index contributed by atoms with van der Waals surface area (Å²) in [7, 11) is 0. The lowest BCUT2D eigenvalue weighted by Crippen LogP contribution is -2.19. The first-order chi connectivity index (χ1) is 7.70. The summed E-state index contributed by atoms with van der Waals surface area (Å²) in [6, 6.07) is 0. The fraction of sp³-hybridized carbons (Fsp3) is 0.364. The van der Waals surface area contributed by atoms with Crippen LogP contribution in [0.4, 0.5) is 0 Å². The van der Waals surface area contributed by atoms with Crippen LogP contribution in [0.3, 0.4) is 0 Å². The first-order valence-corrected chi connectivity index (χ1v) is 4.85. The van der Waals surface area contributed by atoms with Crippen molar-refractivity contribution in [2.75, 3.05) is 13.2 Å². The molecule has 1 aliphatic rings. The van der Waals surface area contributed by atoms with Gasteiger partial charge >= 0.3 is 5.97 Å². The molecule has 0 unspecified atom stereocenters. The molecule has 5 nitrogen and oxygen atoms in total. The van der Waals surface area contributed by atoms with E-state index in [0.717, 1.165) is 0 Å². The average molecular weight is 226 g/mol. The van der Waals surface area contributed by atoms with Crippen LogP contribution in [0.1, 0.15) is 0 Å². The van der Waals surface area contributed by atoms with Crippen LogP contribution in [0.25, 0.3) is 0 Å². The summed E-state index contributed by atoms with van der Waals surface area (Å²) in [6.07, 6.45) is 5.33. The zero-order chi connectivity index (χ0) is 12.0. The Labute approximate surface area is 93.0 Å². The van der Waals surface area contributed by atoms with Crippen molar-refractivity contribution in [2.45, 2.75) is 12.2 Å². The number of hydrogen-bond acceptors (Lipinski definition) is 5. The lowest BCUT2D eigenvalue weighted by Gasteiger charge is -2.06. The molecule has 1 fully saturated rings. The Balaban J connectivity index is 2.74. The number of esters is 1. The summed E-state index contributed by atoms with van der Waals surface area (Å²) < 4.78 is 4.87. The van der Waals surface area contributed by atoms with Crippen LogP contribution in [0.2, 0.25) is 0 Å². The van der Waals surface area contributed by atoms with Gasteiger partial charge in [-0.3, -0.25) is 0 Å². The minimum atomic E-state index is -1.04. The Hall–Kier alpha value is -1.43. The lowest BCUT2D eigenvalue weighted by atomic mass is 10.1. The number of carbonyl (C=O) groups excluding carboxylic acids is 1. The minimum Gasteiger partial charge on any atom is -0.452 e. The van der Waals surface area contributed by atoms with E-state index in [2.05, 4.69) is 0 Å².